The van der Waals surface area contributed by atoms with Gasteiger partial charge in [-0.25, -0.2) is 0 Å². The molecular weight excluding hydrogens is 358 g/mol. The van der Waals surface area contributed by atoms with Gasteiger partial charge in [-0.3, -0.25) is 9.59 Å². The van der Waals surface area contributed by atoms with Gasteiger partial charge >= 0.3 is 0 Å². The van der Waals surface area contributed by atoms with E-state index in [1.54, 1.807) is 19.1 Å². The van der Waals surface area contributed by atoms with Gasteiger partial charge in [0.1, 0.15) is 0 Å². The molecule has 0 bridgehead atoms. The number of hydrogen-bond acceptors (Lipinski definition) is 3. The summed E-state index contributed by atoms with van der Waals surface area (Å²) < 4.78 is 0.837. The lowest BCUT2D eigenvalue weighted by Crippen LogP contribution is -2.21. The SMILES string of the molecule is CCC(=O)Nc1ccc(NCC(=O)Nc2ccccc2Br)cc1. The van der Waals surface area contributed by atoms with E-state index in [-0.39, 0.29) is 18.4 Å². The molecule has 0 spiro atoms. The summed E-state index contributed by atoms with van der Waals surface area (Å²) in [6.07, 6.45) is 0.440. The maximum absolute atomic E-state index is 11.9. The second-order valence-electron chi connectivity index (χ2n) is 4.86. The van der Waals surface area contributed by atoms with Crippen LogP contribution in [0.15, 0.2) is 53.0 Å². The number of hydrogen-bond donors (Lipinski definition) is 3. The molecule has 0 aromatic heterocycles. The predicted octanol–water partition coefficient (Wildman–Crippen LogP) is 3.85. The predicted molar refractivity (Wildman–Crippen MR) is 96.6 cm³/mol. The fourth-order valence-corrected chi connectivity index (χ4v) is 2.24. The average molecular weight is 376 g/mol. The van der Waals surface area contributed by atoms with E-state index in [1.807, 2.05) is 36.4 Å². The molecule has 2 rings (SSSR count). The molecule has 3 N–H and O–H groups in total. The Bertz CT molecular complexity index is 686. The molecule has 2 aromatic rings. The minimum Gasteiger partial charge on any atom is -0.376 e. The van der Waals surface area contributed by atoms with Crippen LogP contribution in [0.5, 0.6) is 0 Å². The summed E-state index contributed by atoms with van der Waals surface area (Å²) >= 11 is 3.38. The zero-order chi connectivity index (χ0) is 16.7. The van der Waals surface area contributed by atoms with Crippen LogP contribution in [-0.4, -0.2) is 18.4 Å². The molecule has 0 aliphatic rings. The number of benzene rings is 2. The Balaban J connectivity index is 1.84. The van der Waals surface area contributed by atoms with Gasteiger partial charge < -0.3 is 16.0 Å². The van der Waals surface area contributed by atoms with Crippen LogP contribution >= 0.6 is 15.9 Å². The van der Waals surface area contributed by atoms with Crippen LogP contribution in [0.25, 0.3) is 0 Å². The zero-order valence-corrected chi connectivity index (χ0v) is 14.3. The molecule has 6 heteroatoms. The number of halogens is 1. The molecule has 0 atom stereocenters. The molecule has 0 aliphatic carbocycles. The zero-order valence-electron chi connectivity index (χ0n) is 12.7. The highest BCUT2D eigenvalue weighted by atomic mass is 79.9. The lowest BCUT2D eigenvalue weighted by molar-refractivity contribution is -0.116. The van der Waals surface area contributed by atoms with Gasteiger partial charge in [-0.15, -0.1) is 0 Å². The van der Waals surface area contributed by atoms with Crippen molar-refractivity contribution in [3.05, 3.63) is 53.0 Å². The standard InChI is InChI=1S/C17H18BrN3O2/c1-2-16(22)20-13-9-7-12(8-10-13)19-11-17(23)21-15-6-4-3-5-14(15)18/h3-10,19H,2,11H2,1H3,(H,20,22)(H,21,23). The van der Waals surface area contributed by atoms with Crippen molar-refractivity contribution in [2.45, 2.75) is 13.3 Å². The summed E-state index contributed by atoms with van der Waals surface area (Å²) in [7, 11) is 0. The molecule has 0 saturated carbocycles. The number of carbonyl (C=O) groups excluding carboxylic acids is 2. The van der Waals surface area contributed by atoms with Crippen molar-refractivity contribution in [1.82, 2.24) is 0 Å². The lowest BCUT2D eigenvalue weighted by atomic mass is 10.2. The fraction of sp³-hybridized carbons (Fsp3) is 0.176. The highest BCUT2D eigenvalue weighted by molar-refractivity contribution is 9.10. The number of nitrogens with one attached hydrogen (secondary N) is 3. The lowest BCUT2D eigenvalue weighted by Gasteiger charge is -2.10. The van der Waals surface area contributed by atoms with Gasteiger partial charge in [0.2, 0.25) is 11.8 Å². The van der Waals surface area contributed by atoms with Crippen molar-refractivity contribution in [3.63, 3.8) is 0 Å². The summed E-state index contributed by atoms with van der Waals surface area (Å²) in [6, 6.07) is 14.7. The van der Waals surface area contributed by atoms with Crippen LogP contribution in [0.3, 0.4) is 0 Å². The number of carbonyl (C=O) groups is 2. The summed E-state index contributed by atoms with van der Waals surface area (Å²) in [4.78, 5) is 23.2. The first kappa shape index (κ1) is 17.0. The smallest absolute Gasteiger partial charge is 0.243 e. The third-order valence-corrected chi connectivity index (χ3v) is 3.78. The Hall–Kier alpha value is -2.34. The largest absolute Gasteiger partial charge is 0.376 e. The molecule has 2 aromatic carbocycles. The maximum Gasteiger partial charge on any atom is 0.243 e. The second kappa shape index (κ2) is 8.33. The van der Waals surface area contributed by atoms with E-state index in [0.717, 1.165) is 21.5 Å². The molecule has 0 fully saturated rings. The Morgan fingerprint density at radius 2 is 1.57 bits per heavy atom. The molecule has 2 amide bonds. The van der Waals surface area contributed by atoms with Crippen LogP contribution in [0, 0.1) is 0 Å². The van der Waals surface area contributed by atoms with E-state index < -0.39 is 0 Å². The van der Waals surface area contributed by atoms with Crippen LogP contribution in [-0.2, 0) is 9.59 Å². The van der Waals surface area contributed by atoms with Crippen molar-refractivity contribution in [1.29, 1.82) is 0 Å². The van der Waals surface area contributed by atoms with Crippen molar-refractivity contribution in [3.8, 4) is 0 Å². The highest BCUT2D eigenvalue weighted by Crippen LogP contribution is 2.21. The van der Waals surface area contributed by atoms with Gasteiger partial charge in [0.25, 0.3) is 0 Å². The number of amides is 2. The number of anilines is 3. The molecule has 0 heterocycles. The van der Waals surface area contributed by atoms with Crippen LogP contribution in [0.4, 0.5) is 17.1 Å². The van der Waals surface area contributed by atoms with E-state index in [4.69, 9.17) is 0 Å². The molecular formula is C17H18BrN3O2. The number of para-hydroxylation sites is 1. The van der Waals surface area contributed by atoms with Gasteiger partial charge in [0.05, 0.1) is 12.2 Å². The third kappa shape index (κ3) is 5.41. The first-order valence-electron chi connectivity index (χ1n) is 7.26. The minimum atomic E-state index is -0.139. The molecule has 120 valence electrons. The van der Waals surface area contributed by atoms with Crippen LogP contribution in [0.1, 0.15) is 13.3 Å². The first-order valence-corrected chi connectivity index (χ1v) is 8.06. The Labute approximate surface area is 143 Å². The first-order chi connectivity index (χ1) is 11.1. The summed E-state index contributed by atoms with van der Waals surface area (Å²) in [5, 5.41) is 8.63. The average Bonchev–Trinajstić information content (AvgIpc) is 2.56. The van der Waals surface area contributed by atoms with E-state index >= 15 is 0 Å². The molecule has 5 nitrogen and oxygen atoms in total. The summed E-state index contributed by atoms with van der Waals surface area (Å²) in [6.45, 7) is 1.96. The van der Waals surface area contributed by atoms with Gasteiger partial charge in [-0.1, -0.05) is 19.1 Å². The summed E-state index contributed by atoms with van der Waals surface area (Å²) in [5.41, 5.74) is 2.28. The third-order valence-electron chi connectivity index (χ3n) is 3.09. The Kier molecular flexibility index (Phi) is 6.17. The van der Waals surface area contributed by atoms with Crippen molar-refractivity contribution >= 4 is 44.8 Å². The van der Waals surface area contributed by atoms with E-state index in [0.29, 0.717) is 6.42 Å². The van der Waals surface area contributed by atoms with Crippen molar-refractivity contribution < 1.29 is 9.59 Å². The molecule has 0 saturated heterocycles. The molecule has 23 heavy (non-hydrogen) atoms. The monoisotopic (exact) mass is 375 g/mol. The Morgan fingerprint density at radius 1 is 0.913 bits per heavy atom. The van der Waals surface area contributed by atoms with Crippen molar-refractivity contribution in [2.24, 2.45) is 0 Å². The van der Waals surface area contributed by atoms with Crippen LogP contribution in [0.2, 0.25) is 0 Å². The Morgan fingerprint density at radius 3 is 2.22 bits per heavy atom. The van der Waals surface area contributed by atoms with E-state index in [2.05, 4.69) is 31.9 Å². The fourth-order valence-electron chi connectivity index (χ4n) is 1.86. The van der Waals surface area contributed by atoms with Gasteiger partial charge in [-0.2, -0.15) is 0 Å². The highest BCUT2D eigenvalue weighted by Gasteiger charge is 2.05. The van der Waals surface area contributed by atoms with Crippen molar-refractivity contribution in [2.75, 3.05) is 22.5 Å². The molecule has 0 unspecified atom stereocenters. The van der Waals surface area contributed by atoms with E-state index in [9.17, 15) is 9.59 Å². The van der Waals surface area contributed by atoms with E-state index in [1.165, 1.54) is 0 Å². The normalized spacial score (nSPS) is 10.0. The quantitative estimate of drug-likeness (QED) is 0.717. The summed E-state index contributed by atoms with van der Waals surface area (Å²) in [5.74, 6) is -0.168. The molecule has 0 aliphatic heterocycles. The second-order valence-corrected chi connectivity index (χ2v) is 5.71. The van der Waals surface area contributed by atoms with Gasteiger partial charge in [0.15, 0.2) is 0 Å². The maximum atomic E-state index is 11.9. The number of rotatable bonds is 6. The minimum absolute atomic E-state index is 0.0291. The topological polar surface area (TPSA) is 70.2 Å². The van der Waals surface area contributed by atoms with Gasteiger partial charge in [-0.05, 0) is 52.3 Å². The van der Waals surface area contributed by atoms with Gasteiger partial charge in [0, 0.05) is 22.3 Å². The van der Waals surface area contributed by atoms with Crippen LogP contribution < -0.4 is 16.0 Å². The molecule has 0 radical (unpaired) electrons.